The quantitative estimate of drug-likeness (QED) is 0.530. The average molecular weight is 437 g/mol. The van der Waals surface area contributed by atoms with Crippen molar-refractivity contribution in [3.63, 3.8) is 0 Å². The molecule has 0 unspecified atom stereocenters. The molecule has 2 N–H and O–H groups in total. The molecule has 142 valence electrons. The van der Waals surface area contributed by atoms with E-state index in [4.69, 9.17) is 14.2 Å². The van der Waals surface area contributed by atoms with Gasteiger partial charge in [0.05, 0.1) is 19.8 Å². The Labute approximate surface area is 163 Å². The molecule has 8 nitrogen and oxygen atoms in total. The molecular formula is C18H17BrN2O6. The van der Waals surface area contributed by atoms with Crippen LogP contribution in [0.5, 0.6) is 11.5 Å². The van der Waals surface area contributed by atoms with E-state index in [1.807, 2.05) is 0 Å². The third-order valence-corrected chi connectivity index (χ3v) is 3.90. The Morgan fingerprint density at radius 2 is 1.52 bits per heavy atom. The van der Waals surface area contributed by atoms with E-state index in [1.165, 1.54) is 26.4 Å². The predicted octanol–water partition coefficient (Wildman–Crippen LogP) is 2.08. The Morgan fingerprint density at radius 3 is 2.15 bits per heavy atom. The van der Waals surface area contributed by atoms with Gasteiger partial charge in [-0.25, -0.2) is 4.79 Å². The van der Waals surface area contributed by atoms with Gasteiger partial charge in [-0.05, 0) is 42.5 Å². The Balaban J connectivity index is 1.83. The number of hydrazine groups is 1. The predicted molar refractivity (Wildman–Crippen MR) is 99.6 cm³/mol. The molecule has 0 atom stereocenters. The van der Waals surface area contributed by atoms with Gasteiger partial charge in [-0.2, -0.15) is 0 Å². The van der Waals surface area contributed by atoms with E-state index in [-0.39, 0.29) is 5.56 Å². The second-order valence-electron chi connectivity index (χ2n) is 5.16. The van der Waals surface area contributed by atoms with Crippen LogP contribution in [0.25, 0.3) is 0 Å². The molecule has 0 bridgehead atoms. The maximum absolute atomic E-state index is 12.0. The van der Waals surface area contributed by atoms with Crippen LogP contribution in [0.3, 0.4) is 0 Å². The fraction of sp³-hybridized carbons (Fsp3) is 0.167. The number of ether oxygens (including phenoxy) is 3. The Bertz CT molecular complexity index is 838. The van der Waals surface area contributed by atoms with E-state index < -0.39 is 24.4 Å². The molecule has 0 saturated heterocycles. The lowest BCUT2D eigenvalue weighted by Crippen LogP contribution is -2.43. The number of methoxy groups -OCH3 is 2. The summed E-state index contributed by atoms with van der Waals surface area (Å²) in [5.41, 5.74) is 4.96. The van der Waals surface area contributed by atoms with Crippen LogP contribution >= 0.6 is 15.9 Å². The summed E-state index contributed by atoms with van der Waals surface area (Å²) < 4.78 is 15.9. The Kier molecular flexibility index (Phi) is 7.18. The number of benzene rings is 2. The van der Waals surface area contributed by atoms with Gasteiger partial charge >= 0.3 is 5.97 Å². The molecule has 2 aromatic carbocycles. The van der Waals surface area contributed by atoms with Crippen LogP contribution in [-0.2, 0) is 9.53 Å². The van der Waals surface area contributed by atoms with Crippen LogP contribution in [0.4, 0.5) is 0 Å². The topological polar surface area (TPSA) is 103 Å². The molecule has 2 rings (SSSR count). The summed E-state index contributed by atoms with van der Waals surface area (Å²) in [4.78, 5) is 35.6. The maximum Gasteiger partial charge on any atom is 0.338 e. The van der Waals surface area contributed by atoms with Crippen LogP contribution in [0.2, 0.25) is 0 Å². The molecule has 0 spiro atoms. The number of esters is 1. The Morgan fingerprint density at radius 1 is 0.889 bits per heavy atom. The summed E-state index contributed by atoms with van der Waals surface area (Å²) in [5.74, 6) is -1.08. The number of hydrogen-bond acceptors (Lipinski definition) is 6. The molecule has 0 aliphatic carbocycles. The van der Waals surface area contributed by atoms with E-state index in [9.17, 15) is 14.4 Å². The van der Waals surface area contributed by atoms with Crippen molar-refractivity contribution in [2.24, 2.45) is 0 Å². The summed E-state index contributed by atoms with van der Waals surface area (Å²) in [5, 5.41) is 0. The fourth-order valence-electron chi connectivity index (χ4n) is 2.01. The summed E-state index contributed by atoms with van der Waals surface area (Å²) >= 11 is 3.26. The molecular weight excluding hydrogens is 420 g/mol. The van der Waals surface area contributed by atoms with Gasteiger partial charge in [-0.15, -0.1) is 0 Å². The molecule has 0 heterocycles. The van der Waals surface area contributed by atoms with Crippen molar-refractivity contribution in [3.8, 4) is 11.5 Å². The molecule has 2 amide bonds. The average Bonchev–Trinajstić information content (AvgIpc) is 2.70. The molecule has 0 saturated carbocycles. The molecule has 9 heteroatoms. The molecule has 27 heavy (non-hydrogen) atoms. The second kappa shape index (κ2) is 9.58. The lowest BCUT2D eigenvalue weighted by Gasteiger charge is -2.10. The van der Waals surface area contributed by atoms with E-state index in [2.05, 4.69) is 26.8 Å². The molecule has 0 radical (unpaired) electrons. The van der Waals surface area contributed by atoms with Crippen molar-refractivity contribution in [2.75, 3.05) is 20.8 Å². The van der Waals surface area contributed by atoms with Crippen molar-refractivity contribution < 1.29 is 28.6 Å². The van der Waals surface area contributed by atoms with E-state index in [1.54, 1.807) is 30.3 Å². The molecule has 2 aromatic rings. The smallest absolute Gasteiger partial charge is 0.338 e. The number of halogens is 1. The van der Waals surface area contributed by atoms with Crippen LogP contribution < -0.4 is 20.3 Å². The molecule has 0 aliphatic heterocycles. The first-order chi connectivity index (χ1) is 12.9. The number of amides is 2. The van der Waals surface area contributed by atoms with Crippen LogP contribution in [0.1, 0.15) is 20.7 Å². The molecule has 0 aromatic heterocycles. The first-order valence-corrected chi connectivity index (χ1v) is 8.47. The van der Waals surface area contributed by atoms with Gasteiger partial charge in [-0.3, -0.25) is 20.4 Å². The number of rotatable bonds is 6. The lowest BCUT2D eigenvalue weighted by molar-refractivity contribution is -0.125. The molecule has 0 fully saturated rings. The maximum atomic E-state index is 12.0. The van der Waals surface area contributed by atoms with Gasteiger partial charge in [0.1, 0.15) is 0 Å². The largest absolute Gasteiger partial charge is 0.493 e. The minimum absolute atomic E-state index is 0.194. The van der Waals surface area contributed by atoms with E-state index in [0.29, 0.717) is 17.1 Å². The van der Waals surface area contributed by atoms with Gasteiger partial charge in [0.15, 0.2) is 18.1 Å². The highest BCUT2D eigenvalue weighted by Crippen LogP contribution is 2.27. The van der Waals surface area contributed by atoms with Crippen molar-refractivity contribution in [1.29, 1.82) is 0 Å². The highest BCUT2D eigenvalue weighted by Gasteiger charge is 2.14. The van der Waals surface area contributed by atoms with E-state index >= 15 is 0 Å². The fourth-order valence-corrected chi connectivity index (χ4v) is 2.28. The van der Waals surface area contributed by atoms with E-state index in [0.717, 1.165) is 4.47 Å². The number of carbonyl (C=O) groups is 3. The highest BCUT2D eigenvalue weighted by atomic mass is 79.9. The summed E-state index contributed by atoms with van der Waals surface area (Å²) in [6, 6.07) is 11.0. The van der Waals surface area contributed by atoms with Gasteiger partial charge < -0.3 is 14.2 Å². The zero-order valence-electron chi connectivity index (χ0n) is 14.6. The van der Waals surface area contributed by atoms with Crippen molar-refractivity contribution in [3.05, 3.63) is 58.1 Å². The first-order valence-electron chi connectivity index (χ1n) is 7.68. The zero-order valence-corrected chi connectivity index (χ0v) is 16.2. The Hall–Kier alpha value is -3.07. The van der Waals surface area contributed by atoms with Gasteiger partial charge in [0.2, 0.25) is 0 Å². The van der Waals surface area contributed by atoms with Gasteiger partial charge in [-0.1, -0.05) is 15.9 Å². The lowest BCUT2D eigenvalue weighted by atomic mass is 10.2. The monoisotopic (exact) mass is 436 g/mol. The van der Waals surface area contributed by atoms with Gasteiger partial charge in [0, 0.05) is 10.0 Å². The number of hydrogen-bond donors (Lipinski definition) is 2. The zero-order chi connectivity index (χ0) is 19.8. The van der Waals surface area contributed by atoms with Crippen molar-refractivity contribution in [1.82, 2.24) is 10.9 Å². The second-order valence-corrected chi connectivity index (χ2v) is 6.07. The minimum Gasteiger partial charge on any atom is -0.493 e. The highest BCUT2D eigenvalue weighted by molar-refractivity contribution is 9.10. The van der Waals surface area contributed by atoms with Crippen molar-refractivity contribution >= 4 is 33.7 Å². The summed E-state index contributed by atoms with van der Waals surface area (Å²) in [7, 11) is 2.91. The number of carbonyl (C=O) groups excluding carboxylic acids is 3. The summed E-state index contributed by atoms with van der Waals surface area (Å²) in [6.07, 6.45) is 0. The minimum atomic E-state index is -0.717. The van der Waals surface area contributed by atoms with Crippen molar-refractivity contribution in [2.45, 2.75) is 0 Å². The normalized spacial score (nSPS) is 9.89. The first kappa shape index (κ1) is 20.2. The van der Waals surface area contributed by atoms with Crippen LogP contribution in [0.15, 0.2) is 46.9 Å². The summed E-state index contributed by atoms with van der Waals surface area (Å²) in [6.45, 7) is -0.562. The third kappa shape index (κ3) is 5.71. The van der Waals surface area contributed by atoms with Crippen LogP contribution in [0, 0.1) is 0 Å². The molecule has 0 aliphatic rings. The third-order valence-electron chi connectivity index (χ3n) is 3.38. The van der Waals surface area contributed by atoms with Crippen LogP contribution in [-0.4, -0.2) is 38.6 Å². The number of nitrogens with one attached hydrogen (secondary N) is 2. The van der Waals surface area contributed by atoms with Gasteiger partial charge in [0.25, 0.3) is 11.8 Å². The standard InChI is InChI=1S/C18H17BrN2O6/c1-25-14-8-5-12(9-15(14)26-2)18(24)27-10-16(22)20-21-17(23)11-3-6-13(19)7-4-11/h3-9H,10H2,1-2H3,(H,20,22)(H,21,23). The SMILES string of the molecule is COc1ccc(C(=O)OCC(=O)NNC(=O)c2ccc(Br)cc2)cc1OC.